The third-order valence-corrected chi connectivity index (χ3v) is 7.93. The van der Waals surface area contributed by atoms with Gasteiger partial charge in [0, 0.05) is 22.9 Å². The first-order valence-electron chi connectivity index (χ1n) is 10.8. The van der Waals surface area contributed by atoms with Crippen molar-refractivity contribution in [2.75, 3.05) is 6.61 Å². The first-order valence-corrected chi connectivity index (χ1v) is 12.0. The highest BCUT2D eigenvalue weighted by Gasteiger charge is 2.48. The van der Waals surface area contributed by atoms with Gasteiger partial charge in [0.15, 0.2) is 0 Å². The van der Waals surface area contributed by atoms with Gasteiger partial charge in [-0.2, -0.15) is 4.98 Å². The van der Waals surface area contributed by atoms with Crippen LogP contribution in [0, 0.1) is 0 Å². The zero-order valence-corrected chi connectivity index (χ0v) is 19.4. The fourth-order valence-corrected chi connectivity index (χ4v) is 6.57. The maximum absolute atomic E-state index is 10.4. The summed E-state index contributed by atoms with van der Waals surface area (Å²) in [6, 6.07) is 7.69. The molecule has 3 aromatic heterocycles. The summed E-state index contributed by atoms with van der Waals surface area (Å²) in [6.07, 6.45) is 2.79. The number of benzene rings is 1. The minimum Gasteiger partial charge on any atom is -0.480 e. The molecule has 5 heterocycles. The van der Waals surface area contributed by atoms with E-state index in [0.717, 1.165) is 33.6 Å². The number of nitrogens with one attached hydrogen (secondary N) is 2. The molecule has 4 N–H and O–H groups in total. The van der Waals surface area contributed by atoms with Gasteiger partial charge in [-0.05, 0) is 37.1 Å². The highest BCUT2D eigenvalue weighted by atomic mass is 35.5. The van der Waals surface area contributed by atoms with E-state index >= 15 is 0 Å². The summed E-state index contributed by atoms with van der Waals surface area (Å²) in [7, 11) is 0. The van der Waals surface area contributed by atoms with Crippen LogP contribution in [0.2, 0.25) is 4.34 Å². The van der Waals surface area contributed by atoms with Crippen LogP contribution in [0.15, 0.2) is 30.5 Å². The Hall–Kier alpha value is -2.50. The molecule has 1 spiro atoms. The van der Waals surface area contributed by atoms with Gasteiger partial charge in [0.1, 0.15) is 11.7 Å². The van der Waals surface area contributed by atoms with Crippen LogP contribution < -0.4 is 5.32 Å². The second-order valence-corrected chi connectivity index (χ2v) is 10.6. The van der Waals surface area contributed by atoms with E-state index in [1.54, 1.807) is 4.68 Å². The second kappa shape index (κ2) is 7.78. The zero-order chi connectivity index (χ0) is 22.7. The molecule has 9 nitrogen and oxygen atoms in total. The Morgan fingerprint density at radius 2 is 2.21 bits per heavy atom. The number of aromatic hydroxyl groups is 1. The minimum atomic E-state index is -0.645. The molecule has 4 atom stereocenters. The summed E-state index contributed by atoms with van der Waals surface area (Å²) in [5, 5.41) is 32.4. The molecule has 2 aliphatic rings. The molecule has 1 saturated heterocycles. The summed E-state index contributed by atoms with van der Waals surface area (Å²) in [5.41, 5.74) is 3.74. The summed E-state index contributed by atoms with van der Waals surface area (Å²) in [5.74, 6) is 0. The topological polar surface area (TPSA) is 121 Å². The Balaban J connectivity index is 1.26. The van der Waals surface area contributed by atoms with Crippen molar-refractivity contribution in [2.45, 2.75) is 50.1 Å². The lowest BCUT2D eigenvalue weighted by Crippen LogP contribution is -2.50. The van der Waals surface area contributed by atoms with Gasteiger partial charge in [0.2, 0.25) is 0 Å². The standard InChI is InChI=1S/C22H23ClN6O3S/c1-11-6-22(20-13(5-19(23)33-20)18(30)10-32-22)7-16(24-11)17-9-29(28-27-17)8-12-2-3-14-15(4-12)26-21(31)25-14/h2-5,9,11,16,18,24,30H,6-8,10H2,1H3,(H2,25,26,31)/t11-,16-,18+,22-/m0/s1. The Labute approximate surface area is 198 Å². The molecule has 0 saturated carbocycles. The molecule has 172 valence electrons. The largest absolute Gasteiger partial charge is 0.480 e. The minimum absolute atomic E-state index is 0.0431. The van der Waals surface area contributed by atoms with E-state index in [9.17, 15) is 10.2 Å². The Morgan fingerprint density at radius 3 is 3.09 bits per heavy atom. The van der Waals surface area contributed by atoms with E-state index in [1.165, 1.54) is 11.3 Å². The van der Waals surface area contributed by atoms with Crippen molar-refractivity contribution in [3.8, 4) is 6.01 Å². The van der Waals surface area contributed by atoms with Gasteiger partial charge < -0.3 is 25.3 Å². The fraction of sp³-hybridized carbons (Fsp3) is 0.409. The summed E-state index contributed by atoms with van der Waals surface area (Å²) >= 11 is 7.81. The number of ether oxygens (including phenoxy) is 1. The third kappa shape index (κ3) is 3.71. The first-order chi connectivity index (χ1) is 15.9. The van der Waals surface area contributed by atoms with Crippen LogP contribution in [0.5, 0.6) is 6.01 Å². The van der Waals surface area contributed by atoms with Crippen LogP contribution in [0.25, 0.3) is 11.0 Å². The fourth-order valence-electron chi connectivity index (χ4n) is 5.11. The SMILES string of the molecule is C[C@H]1C[C@@]2(C[C@@H](c3cn(Cc4ccc5nc(O)[nH]c5c4)nn3)N1)OC[C@@H](O)c1cc(Cl)sc12. The van der Waals surface area contributed by atoms with E-state index in [0.29, 0.717) is 22.8 Å². The van der Waals surface area contributed by atoms with Crippen LogP contribution in [-0.4, -0.2) is 47.8 Å². The van der Waals surface area contributed by atoms with Gasteiger partial charge in [-0.25, -0.2) is 4.68 Å². The number of thiophene rings is 1. The number of hydrogen-bond donors (Lipinski definition) is 4. The number of aliphatic hydroxyl groups is 1. The summed E-state index contributed by atoms with van der Waals surface area (Å²) in [4.78, 5) is 7.88. The lowest BCUT2D eigenvalue weighted by Gasteiger charge is -2.46. The van der Waals surface area contributed by atoms with Crippen LogP contribution >= 0.6 is 22.9 Å². The van der Waals surface area contributed by atoms with Crippen molar-refractivity contribution in [3.05, 3.63) is 56.5 Å². The van der Waals surface area contributed by atoms with Gasteiger partial charge in [-0.1, -0.05) is 22.9 Å². The second-order valence-electron chi connectivity index (χ2n) is 8.94. The average Bonchev–Trinajstić information content (AvgIpc) is 3.48. The van der Waals surface area contributed by atoms with Crippen LogP contribution in [0.3, 0.4) is 0 Å². The van der Waals surface area contributed by atoms with Crippen LogP contribution in [0.4, 0.5) is 0 Å². The number of halogens is 1. The quantitative estimate of drug-likeness (QED) is 0.350. The number of aromatic amines is 1. The smallest absolute Gasteiger partial charge is 0.292 e. The number of aromatic nitrogens is 5. The van der Waals surface area contributed by atoms with Crippen molar-refractivity contribution in [1.82, 2.24) is 30.3 Å². The number of hydrogen-bond acceptors (Lipinski definition) is 8. The third-order valence-electron chi connectivity index (χ3n) is 6.47. The number of aliphatic hydroxyl groups excluding tert-OH is 1. The van der Waals surface area contributed by atoms with E-state index in [1.807, 2.05) is 30.5 Å². The predicted octanol–water partition coefficient (Wildman–Crippen LogP) is 3.40. The van der Waals surface area contributed by atoms with Gasteiger partial charge >= 0.3 is 0 Å². The monoisotopic (exact) mass is 486 g/mol. The lowest BCUT2D eigenvalue weighted by molar-refractivity contribution is -0.129. The Morgan fingerprint density at radius 1 is 1.33 bits per heavy atom. The van der Waals surface area contributed by atoms with E-state index in [4.69, 9.17) is 16.3 Å². The van der Waals surface area contributed by atoms with Crippen LogP contribution in [0.1, 0.15) is 53.6 Å². The molecule has 6 rings (SSSR count). The number of fused-ring (bicyclic) bond motifs is 3. The molecular formula is C22H23ClN6O3S. The summed E-state index contributed by atoms with van der Waals surface area (Å²) < 4.78 is 8.77. The number of imidazole rings is 1. The molecule has 0 unspecified atom stereocenters. The van der Waals surface area contributed by atoms with Crippen molar-refractivity contribution >= 4 is 34.0 Å². The molecular weight excluding hydrogens is 464 g/mol. The van der Waals surface area contributed by atoms with Gasteiger partial charge in [-0.3, -0.25) is 0 Å². The normalized spacial score (nSPS) is 27.3. The Bertz CT molecular complexity index is 1330. The molecule has 2 aliphatic heterocycles. The van der Waals surface area contributed by atoms with Gasteiger partial charge in [0.05, 0.1) is 46.5 Å². The lowest BCUT2D eigenvalue weighted by atomic mass is 9.79. The molecule has 0 aliphatic carbocycles. The van der Waals surface area contributed by atoms with E-state index in [2.05, 4.69) is 32.5 Å². The maximum atomic E-state index is 10.4. The molecule has 33 heavy (non-hydrogen) atoms. The molecule has 1 fully saturated rings. The summed E-state index contributed by atoms with van der Waals surface area (Å²) in [6.45, 7) is 2.94. The van der Waals surface area contributed by atoms with Crippen molar-refractivity contribution in [3.63, 3.8) is 0 Å². The van der Waals surface area contributed by atoms with Crippen molar-refractivity contribution in [2.24, 2.45) is 0 Å². The Kier molecular flexibility index (Phi) is 4.96. The average molecular weight is 487 g/mol. The first kappa shape index (κ1) is 21.1. The van der Waals surface area contributed by atoms with E-state index < -0.39 is 11.7 Å². The molecule has 1 aromatic carbocycles. The molecule has 0 radical (unpaired) electrons. The molecule has 4 aromatic rings. The maximum Gasteiger partial charge on any atom is 0.292 e. The molecule has 0 bridgehead atoms. The molecule has 0 amide bonds. The number of piperidine rings is 1. The van der Waals surface area contributed by atoms with Gasteiger partial charge in [0.25, 0.3) is 6.01 Å². The highest BCUT2D eigenvalue weighted by molar-refractivity contribution is 7.16. The van der Waals surface area contributed by atoms with Gasteiger partial charge in [-0.15, -0.1) is 16.4 Å². The van der Waals surface area contributed by atoms with Crippen LogP contribution in [-0.2, 0) is 16.9 Å². The zero-order valence-electron chi connectivity index (χ0n) is 17.8. The van der Waals surface area contributed by atoms with E-state index in [-0.39, 0.29) is 24.7 Å². The number of H-pyrrole nitrogens is 1. The molecule has 11 heteroatoms. The highest BCUT2D eigenvalue weighted by Crippen LogP contribution is 2.51. The van der Waals surface area contributed by atoms with Crippen molar-refractivity contribution in [1.29, 1.82) is 0 Å². The predicted molar refractivity (Wildman–Crippen MR) is 123 cm³/mol. The number of rotatable bonds is 3. The number of nitrogens with zero attached hydrogens (tertiary/aromatic N) is 4. The van der Waals surface area contributed by atoms with Crippen molar-refractivity contribution < 1.29 is 14.9 Å².